The van der Waals surface area contributed by atoms with Crippen molar-refractivity contribution < 1.29 is 0 Å². The van der Waals surface area contributed by atoms with Gasteiger partial charge in [0, 0.05) is 17.7 Å². The molecular formula is C14H23N5. The van der Waals surface area contributed by atoms with Crippen molar-refractivity contribution in [2.75, 3.05) is 6.54 Å². The van der Waals surface area contributed by atoms with Gasteiger partial charge in [0.1, 0.15) is 6.33 Å². The summed E-state index contributed by atoms with van der Waals surface area (Å²) < 4.78 is 1.87. The summed E-state index contributed by atoms with van der Waals surface area (Å²) in [5.41, 5.74) is 2.17. The van der Waals surface area contributed by atoms with Gasteiger partial charge in [0.15, 0.2) is 0 Å². The van der Waals surface area contributed by atoms with Gasteiger partial charge < -0.3 is 5.32 Å². The Kier molecular flexibility index (Phi) is 4.14. The Balaban J connectivity index is 2.52. The molecule has 0 aromatic carbocycles. The number of nitrogens with zero attached hydrogens (tertiary/aromatic N) is 4. The summed E-state index contributed by atoms with van der Waals surface area (Å²) in [7, 11) is 0. The fourth-order valence-corrected chi connectivity index (χ4v) is 2.82. The first-order valence-corrected chi connectivity index (χ1v) is 6.95. The predicted octanol–water partition coefficient (Wildman–Crippen LogP) is 2.17. The first-order valence-electron chi connectivity index (χ1n) is 6.95. The minimum Gasteiger partial charge on any atom is -0.314 e. The lowest BCUT2D eigenvalue weighted by Gasteiger charge is -2.28. The van der Waals surface area contributed by atoms with Gasteiger partial charge in [-0.3, -0.25) is 0 Å². The third-order valence-electron chi connectivity index (χ3n) is 3.53. The van der Waals surface area contributed by atoms with Crippen molar-refractivity contribution in [3.8, 4) is 0 Å². The van der Waals surface area contributed by atoms with E-state index in [4.69, 9.17) is 0 Å². The average Bonchev–Trinajstić information content (AvgIpc) is 2.76. The molecule has 2 aromatic heterocycles. The maximum atomic E-state index is 4.41. The lowest BCUT2D eigenvalue weighted by molar-refractivity contribution is 0.370. The number of aromatic nitrogens is 4. The molecule has 2 unspecified atom stereocenters. The topological polar surface area (TPSA) is 55.1 Å². The highest BCUT2D eigenvalue weighted by atomic mass is 15.3. The lowest BCUT2D eigenvalue weighted by Crippen LogP contribution is -2.35. The number of hydrogen-bond donors (Lipinski definition) is 1. The lowest BCUT2D eigenvalue weighted by atomic mass is 9.86. The Morgan fingerprint density at radius 3 is 2.68 bits per heavy atom. The Hall–Kier alpha value is -1.49. The minimum atomic E-state index is 0.380. The van der Waals surface area contributed by atoms with E-state index in [0.29, 0.717) is 23.7 Å². The number of likely N-dealkylation sites (N-methyl/N-ethyl adjacent to an activating group) is 1. The van der Waals surface area contributed by atoms with E-state index in [1.807, 2.05) is 11.4 Å². The highest BCUT2D eigenvalue weighted by molar-refractivity contribution is 5.32. The van der Waals surface area contributed by atoms with Crippen molar-refractivity contribution in [1.82, 2.24) is 24.9 Å². The highest BCUT2D eigenvalue weighted by Crippen LogP contribution is 2.28. The van der Waals surface area contributed by atoms with Gasteiger partial charge >= 0.3 is 0 Å². The summed E-state index contributed by atoms with van der Waals surface area (Å²) in [5, 5.41) is 7.84. The van der Waals surface area contributed by atoms with Crippen LogP contribution in [0.3, 0.4) is 0 Å². The maximum Gasteiger partial charge on any atom is 0.252 e. The van der Waals surface area contributed by atoms with Gasteiger partial charge in [-0.15, -0.1) is 0 Å². The van der Waals surface area contributed by atoms with Gasteiger partial charge in [0.25, 0.3) is 5.78 Å². The van der Waals surface area contributed by atoms with Crippen molar-refractivity contribution in [3.05, 3.63) is 23.8 Å². The Bertz CT molecular complexity index is 546. The number of hydrogen-bond acceptors (Lipinski definition) is 4. The third-order valence-corrected chi connectivity index (χ3v) is 3.53. The second kappa shape index (κ2) is 5.65. The molecule has 0 aliphatic rings. The summed E-state index contributed by atoms with van der Waals surface area (Å²) in [6.45, 7) is 11.8. The van der Waals surface area contributed by atoms with Crippen molar-refractivity contribution in [3.63, 3.8) is 0 Å². The first-order chi connectivity index (χ1) is 9.04. The number of aryl methyl sites for hydroxylation is 1. The monoisotopic (exact) mass is 261 g/mol. The molecule has 5 heteroatoms. The molecule has 2 aromatic rings. The number of nitrogens with one attached hydrogen (secondary N) is 1. The molecule has 2 rings (SSSR count). The molecular weight excluding hydrogens is 238 g/mol. The predicted molar refractivity (Wildman–Crippen MR) is 76.2 cm³/mol. The van der Waals surface area contributed by atoms with Crippen LogP contribution in [0.15, 0.2) is 12.4 Å². The molecule has 0 saturated heterocycles. The van der Waals surface area contributed by atoms with Gasteiger partial charge in [-0.1, -0.05) is 20.8 Å². The van der Waals surface area contributed by atoms with Gasteiger partial charge in [-0.25, -0.2) is 9.50 Å². The zero-order chi connectivity index (χ0) is 14.0. The molecule has 0 radical (unpaired) electrons. The second-order valence-corrected chi connectivity index (χ2v) is 5.41. The first kappa shape index (κ1) is 13.9. The summed E-state index contributed by atoms with van der Waals surface area (Å²) in [6, 6.07) is 2.51. The molecule has 2 heterocycles. The van der Waals surface area contributed by atoms with Crippen molar-refractivity contribution >= 4 is 5.78 Å². The Morgan fingerprint density at radius 2 is 2.05 bits per heavy atom. The summed E-state index contributed by atoms with van der Waals surface area (Å²) >= 11 is 0. The molecule has 0 aliphatic carbocycles. The molecule has 0 aliphatic heterocycles. The molecule has 104 valence electrons. The normalized spacial score (nSPS) is 15.1. The van der Waals surface area contributed by atoms with Crippen LogP contribution in [0.4, 0.5) is 0 Å². The zero-order valence-corrected chi connectivity index (χ0v) is 12.4. The van der Waals surface area contributed by atoms with E-state index in [0.717, 1.165) is 12.2 Å². The maximum absolute atomic E-state index is 4.41. The zero-order valence-electron chi connectivity index (χ0n) is 12.4. The largest absolute Gasteiger partial charge is 0.314 e. The SMILES string of the molecule is CCNC(C)C(c1cc(C)nc2ncnn12)C(C)C. The molecule has 19 heavy (non-hydrogen) atoms. The Labute approximate surface area is 114 Å². The van der Waals surface area contributed by atoms with Crippen LogP contribution in [-0.2, 0) is 0 Å². The van der Waals surface area contributed by atoms with Crippen LogP contribution in [0.1, 0.15) is 45.0 Å². The Morgan fingerprint density at radius 1 is 1.32 bits per heavy atom. The molecule has 0 fully saturated rings. The summed E-state index contributed by atoms with van der Waals surface area (Å²) in [4.78, 5) is 8.62. The fourth-order valence-electron chi connectivity index (χ4n) is 2.82. The highest BCUT2D eigenvalue weighted by Gasteiger charge is 2.25. The average molecular weight is 261 g/mol. The van der Waals surface area contributed by atoms with Crippen LogP contribution in [0.5, 0.6) is 0 Å². The van der Waals surface area contributed by atoms with Crippen LogP contribution in [0.25, 0.3) is 5.78 Å². The van der Waals surface area contributed by atoms with E-state index < -0.39 is 0 Å². The smallest absolute Gasteiger partial charge is 0.252 e. The van der Waals surface area contributed by atoms with Crippen molar-refractivity contribution in [1.29, 1.82) is 0 Å². The molecule has 0 amide bonds. The van der Waals surface area contributed by atoms with Crippen molar-refractivity contribution in [2.45, 2.75) is 46.6 Å². The van der Waals surface area contributed by atoms with Crippen LogP contribution in [0, 0.1) is 12.8 Å². The van der Waals surface area contributed by atoms with E-state index in [1.54, 1.807) is 6.33 Å². The molecule has 0 spiro atoms. The second-order valence-electron chi connectivity index (χ2n) is 5.41. The van der Waals surface area contributed by atoms with E-state index in [2.05, 4.69) is 54.1 Å². The standard InChI is InChI=1S/C14H23N5/c1-6-15-11(5)13(9(2)3)12-7-10(4)18-14-16-8-17-19(12)14/h7-9,11,13,15H,6H2,1-5H3. The van der Waals surface area contributed by atoms with E-state index in [1.165, 1.54) is 5.69 Å². The van der Waals surface area contributed by atoms with Crippen molar-refractivity contribution in [2.24, 2.45) is 5.92 Å². The molecule has 0 saturated carbocycles. The molecule has 1 N–H and O–H groups in total. The molecule has 0 bridgehead atoms. The van der Waals surface area contributed by atoms with Crippen LogP contribution in [-0.4, -0.2) is 32.2 Å². The number of fused-ring (bicyclic) bond motifs is 1. The minimum absolute atomic E-state index is 0.380. The fraction of sp³-hybridized carbons (Fsp3) is 0.643. The van der Waals surface area contributed by atoms with Crippen LogP contribution >= 0.6 is 0 Å². The van der Waals surface area contributed by atoms with Gasteiger partial charge in [0.05, 0.1) is 5.69 Å². The summed E-state index contributed by atoms with van der Waals surface area (Å²) in [6.07, 6.45) is 1.57. The van der Waals surface area contributed by atoms with E-state index >= 15 is 0 Å². The third kappa shape index (κ3) is 2.76. The summed E-state index contributed by atoms with van der Waals surface area (Å²) in [5.74, 6) is 1.58. The number of rotatable bonds is 5. The van der Waals surface area contributed by atoms with Gasteiger partial charge in [-0.05, 0) is 32.4 Å². The van der Waals surface area contributed by atoms with E-state index in [9.17, 15) is 0 Å². The molecule has 5 nitrogen and oxygen atoms in total. The molecule has 2 atom stereocenters. The van der Waals surface area contributed by atoms with Gasteiger partial charge in [-0.2, -0.15) is 10.1 Å². The van der Waals surface area contributed by atoms with Gasteiger partial charge in [0.2, 0.25) is 0 Å². The quantitative estimate of drug-likeness (QED) is 0.896. The van der Waals surface area contributed by atoms with E-state index in [-0.39, 0.29) is 0 Å². The van der Waals surface area contributed by atoms with Crippen LogP contribution < -0.4 is 5.32 Å². The van der Waals surface area contributed by atoms with Crippen LogP contribution in [0.2, 0.25) is 0 Å².